The molecule has 1 aliphatic heterocycles. The predicted octanol–water partition coefficient (Wildman–Crippen LogP) is 1.88. The van der Waals surface area contributed by atoms with Gasteiger partial charge in [-0.3, -0.25) is 4.98 Å². The number of aryl methyl sites for hydroxylation is 1. The zero-order valence-corrected chi connectivity index (χ0v) is 11.8. The minimum Gasteiger partial charge on any atom is -0.357 e. The van der Waals surface area contributed by atoms with E-state index in [1.54, 1.807) is 6.20 Å². The summed E-state index contributed by atoms with van der Waals surface area (Å²) < 4.78 is 0. The predicted molar refractivity (Wildman–Crippen MR) is 78.8 cm³/mol. The zero-order chi connectivity index (χ0) is 13.9. The highest BCUT2D eigenvalue weighted by Gasteiger charge is 2.17. The number of hydrogen-bond donors (Lipinski definition) is 1. The summed E-state index contributed by atoms with van der Waals surface area (Å²) in [7, 11) is 1.82. The molecule has 2 aromatic heterocycles. The van der Waals surface area contributed by atoms with Crippen molar-refractivity contribution in [1.82, 2.24) is 19.9 Å². The maximum Gasteiger partial charge on any atom is 0.230 e. The average molecular weight is 270 g/mol. The van der Waals surface area contributed by atoms with E-state index >= 15 is 0 Å². The van der Waals surface area contributed by atoms with E-state index in [4.69, 9.17) is 0 Å². The van der Waals surface area contributed by atoms with Crippen LogP contribution in [0.5, 0.6) is 0 Å². The molecule has 20 heavy (non-hydrogen) atoms. The van der Waals surface area contributed by atoms with Crippen LogP contribution in [-0.4, -0.2) is 40.1 Å². The van der Waals surface area contributed by atoms with E-state index in [1.165, 1.54) is 12.8 Å². The third-order valence-electron chi connectivity index (χ3n) is 3.39. The van der Waals surface area contributed by atoms with Gasteiger partial charge in [0.05, 0.1) is 0 Å². The highest BCUT2D eigenvalue weighted by Crippen LogP contribution is 2.22. The highest BCUT2D eigenvalue weighted by atomic mass is 15.3. The molecule has 1 saturated heterocycles. The molecule has 1 N–H and O–H groups in total. The number of anilines is 2. The lowest BCUT2D eigenvalue weighted by molar-refractivity contribution is 0.884. The Morgan fingerprint density at radius 3 is 2.65 bits per heavy atom. The molecule has 3 heterocycles. The molecule has 1 fully saturated rings. The summed E-state index contributed by atoms with van der Waals surface area (Å²) in [5.74, 6) is 2.05. The first-order valence-electron chi connectivity index (χ1n) is 6.88. The van der Waals surface area contributed by atoms with Crippen LogP contribution in [0, 0.1) is 6.92 Å². The molecule has 6 heteroatoms. The first-order valence-corrected chi connectivity index (χ1v) is 6.88. The Hall–Kier alpha value is -2.24. The smallest absolute Gasteiger partial charge is 0.230 e. The summed E-state index contributed by atoms with van der Waals surface area (Å²) in [6.45, 7) is 4.00. The fourth-order valence-corrected chi connectivity index (χ4v) is 2.35. The number of aromatic nitrogens is 4. The van der Waals surface area contributed by atoms with Crippen molar-refractivity contribution in [2.45, 2.75) is 19.8 Å². The van der Waals surface area contributed by atoms with Crippen molar-refractivity contribution in [3.8, 4) is 11.4 Å². The Kier molecular flexibility index (Phi) is 3.45. The van der Waals surface area contributed by atoms with Gasteiger partial charge < -0.3 is 10.2 Å². The van der Waals surface area contributed by atoms with Crippen molar-refractivity contribution in [3.63, 3.8) is 0 Å². The van der Waals surface area contributed by atoms with Crippen LogP contribution in [0.25, 0.3) is 11.4 Å². The van der Waals surface area contributed by atoms with E-state index < -0.39 is 0 Å². The quantitative estimate of drug-likeness (QED) is 0.918. The van der Waals surface area contributed by atoms with E-state index in [2.05, 4.69) is 30.2 Å². The second-order valence-corrected chi connectivity index (χ2v) is 4.91. The fourth-order valence-electron chi connectivity index (χ4n) is 2.35. The summed E-state index contributed by atoms with van der Waals surface area (Å²) in [4.78, 5) is 19.9. The van der Waals surface area contributed by atoms with Crippen LogP contribution in [0.3, 0.4) is 0 Å². The van der Waals surface area contributed by atoms with Crippen LogP contribution in [0.15, 0.2) is 18.3 Å². The van der Waals surface area contributed by atoms with Crippen LogP contribution in [-0.2, 0) is 0 Å². The SMILES string of the molecule is CNc1nc(-c2ccnc(C)c2)nc(N2CCCC2)n1. The number of nitrogens with zero attached hydrogens (tertiary/aromatic N) is 5. The van der Waals surface area contributed by atoms with Crippen molar-refractivity contribution < 1.29 is 0 Å². The molecule has 0 amide bonds. The van der Waals surface area contributed by atoms with Gasteiger partial charge in [0.2, 0.25) is 11.9 Å². The average Bonchev–Trinajstić information content (AvgIpc) is 3.01. The number of pyridine rings is 1. The van der Waals surface area contributed by atoms with Crippen LogP contribution in [0.2, 0.25) is 0 Å². The first kappa shape index (κ1) is 12.8. The van der Waals surface area contributed by atoms with E-state index in [0.29, 0.717) is 11.8 Å². The summed E-state index contributed by atoms with van der Waals surface area (Å²) >= 11 is 0. The largest absolute Gasteiger partial charge is 0.357 e. The van der Waals surface area contributed by atoms with Gasteiger partial charge in [0.25, 0.3) is 0 Å². The van der Waals surface area contributed by atoms with Crippen molar-refractivity contribution >= 4 is 11.9 Å². The van der Waals surface area contributed by atoms with Crippen LogP contribution < -0.4 is 10.2 Å². The van der Waals surface area contributed by atoms with Gasteiger partial charge in [-0.25, -0.2) is 0 Å². The summed E-state index contributed by atoms with van der Waals surface area (Å²) in [6, 6.07) is 3.91. The van der Waals surface area contributed by atoms with E-state index in [0.717, 1.165) is 30.3 Å². The van der Waals surface area contributed by atoms with E-state index in [1.807, 2.05) is 26.1 Å². The second kappa shape index (κ2) is 5.40. The molecular weight excluding hydrogens is 252 g/mol. The maximum atomic E-state index is 4.61. The van der Waals surface area contributed by atoms with Gasteiger partial charge >= 0.3 is 0 Å². The number of hydrogen-bond acceptors (Lipinski definition) is 6. The molecular formula is C14H18N6. The molecule has 3 rings (SSSR count). The van der Waals surface area contributed by atoms with Crippen LogP contribution >= 0.6 is 0 Å². The Morgan fingerprint density at radius 2 is 1.95 bits per heavy atom. The third-order valence-corrected chi connectivity index (χ3v) is 3.39. The fraction of sp³-hybridized carbons (Fsp3) is 0.429. The standard InChI is InChI=1S/C14H18N6/c1-10-9-11(5-6-16-10)12-17-13(15-2)19-14(18-12)20-7-3-4-8-20/h5-6,9H,3-4,7-8H2,1-2H3,(H,15,17,18,19). The second-order valence-electron chi connectivity index (χ2n) is 4.91. The van der Waals surface area contributed by atoms with Crippen molar-refractivity contribution in [3.05, 3.63) is 24.0 Å². The van der Waals surface area contributed by atoms with Crippen LogP contribution in [0.4, 0.5) is 11.9 Å². The van der Waals surface area contributed by atoms with Crippen LogP contribution in [0.1, 0.15) is 18.5 Å². The van der Waals surface area contributed by atoms with Gasteiger partial charge in [0, 0.05) is 37.6 Å². The molecule has 104 valence electrons. The lowest BCUT2D eigenvalue weighted by Gasteiger charge is -2.16. The topological polar surface area (TPSA) is 66.8 Å². The van der Waals surface area contributed by atoms with Gasteiger partial charge in [0.1, 0.15) is 0 Å². The molecule has 0 radical (unpaired) electrons. The maximum absolute atomic E-state index is 4.61. The molecule has 0 atom stereocenters. The molecule has 6 nitrogen and oxygen atoms in total. The van der Waals surface area contributed by atoms with Crippen molar-refractivity contribution in [1.29, 1.82) is 0 Å². The molecule has 0 aromatic carbocycles. The Labute approximate surface area is 118 Å². The Balaban J connectivity index is 2.03. The molecule has 0 saturated carbocycles. The Morgan fingerprint density at radius 1 is 1.15 bits per heavy atom. The van der Waals surface area contributed by atoms with Gasteiger partial charge in [-0.1, -0.05) is 0 Å². The molecule has 0 spiro atoms. The molecule has 0 unspecified atom stereocenters. The monoisotopic (exact) mass is 270 g/mol. The zero-order valence-electron chi connectivity index (χ0n) is 11.8. The van der Waals surface area contributed by atoms with E-state index in [-0.39, 0.29) is 0 Å². The molecule has 0 aliphatic carbocycles. The van der Waals surface area contributed by atoms with Gasteiger partial charge in [-0.15, -0.1) is 0 Å². The molecule has 2 aromatic rings. The third kappa shape index (κ3) is 2.54. The number of rotatable bonds is 3. The lowest BCUT2D eigenvalue weighted by atomic mass is 10.2. The minimum absolute atomic E-state index is 0.603. The van der Waals surface area contributed by atoms with Crippen molar-refractivity contribution in [2.75, 3.05) is 30.4 Å². The summed E-state index contributed by atoms with van der Waals surface area (Å²) in [5.41, 5.74) is 1.92. The normalized spacial score (nSPS) is 14.6. The van der Waals surface area contributed by atoms with Gasteiger partial charge in [-0.2, -0.15) is 15.0 Å². The lowest BCUT2D eigenvalue weighted by Crippen LogP contribution is -2.21. The molecule has 0 bridgehead atoms. The minimum atomic E-state index is 0.603. The first-order chi connectivity index (χ1) is 9.76. The number of nitrogens with one attached hydrogen (secondary N) is 1. The van der Waals surface area contributed by atoms with Gasteiger partial charge in [-0.05, 0) is 31.9 Å². The van der Waals surface area contributed by atoms with Gasteiger partial charge in [0.15, 0.2) is 5.82 Å². The summed E-state index contributed by atoms with van der Waals surface area (Å²) in [6.07, 6.45) is 4.18. The summed E-state index contributed by atoms with van der Waals surface area (Å²) in [5, 5.41) is 3.01. The molecule has 1 aliphatic rings. The Bertz CT molecular complexity index is 606. The van der Waals surface area contributed by atoms with Crippen molar-refractivity contribution in [2.24, 2.45) is 0 Å². The van der Waals surface area contributed by atoms with E-state index in [9.17, 15) is 0 Å². The highest BCUT2D eigenvalue weighted by molar-refractivity contribution is 5.58.